The van der Waals surface area contributed by atoms with Crippen molar-refractivity contribution >= 4 is 17.8 Å². The second kappa shape index (κ2) is 6.96. The van der Waals surface area contributed by atoms with Crippen LogP contribution in [0.25, 0.3) is 0 Å². The Hall–Kier alpha value is -2.25. The van der Waals surface area contributed by atoms with Crippen molar-refractivity contribution in [1.29, 1.82) is 0 Å². The Morgan fingerprint density at radius 3 is 2.81 bits per heavy atom. The fourth-order valence-corrected chi connectivity index (χ4v) is 2.28. The number of hydrogen-bond donors (Lipinski definition) is 1. The number of amides is 2. The van der Waals surface area contributed by atoms with Gasteiger partial charge in [0.2, 0.25) is 11.7 Å². The smallest absolute Gasteiger partial charge is 0.377 e. The topological polar surface area (TPSA) is 108 Å². The summed E-state index contributed by atoms with van der Waals surface area (Å²) in [6, 6.07) is -0.626. The van der Waals surface area contributed by atoms with Crippen molar-refractivity contribution in [3.05, 3.63) is 12.0 Å². The number of carbonyl (C=O) groups is 3. The zero-order valence-electron chi connectivity index (χ0n) is 11.6. The van der Waals surface area contributed by atoms with E-state index in [1.807, 2.05) is 0 Å². The minimum Gasteiger partial charge on any atom is -0.493 e. The van der Waals surface area contributed by atoms with Crippen molar-refractivity contribution < 1.29 is 28.6 Å². The Kier molecular flexibility index (Phi) is 5.02. The van der Waals surface area contributed by atoms with Gasteiger partial charge in [-0.1, -0.05) is 0 Å². The third-order valence-electron chi connectivity index (χ3n) is 3.33. The fraction of sp³-hybridized carbons (Fsp3) is 0.615. The van der Waals surface area contributed by atoms with E-state index in [0.717, 1.165) is 19.1 Å². The summed E-state index contributed by atoms with van der Waals surface area (Å²) in [5, 5.41) is 0. The van der Waals surface area contributed by atoms with Gasteiger partial charge in [0.25, 0.3) is 5.91 Å². The zero-order valence-corrected chi connectivity index (χ0v) is 11.6. The van der Waals surface area contributed by atoms with Gasteiger partial charge in [-0.15, -0.1) is 0 Å². The zero-order chi connectivity index (χ0) is 15.2. The number of carbonyl (C=O) groups excluding carboxylic acids is 3. The van der Waals surface area contributed by atoms with Gasteiger partial charge in [0, 0.05) is 6.54 Å². The summed E-state index contributed by atoms with van der Waals surface area (Å²) >= 11 is 0. The molecule has 0 bridgehead atoms. The van der Waals surface area contributed by atoms with Gasteiger partial charge in [-0.2, -0.15) is 0 Å². The van der Waals surface area contributed by atoms with Crippen LogP contribution < -0.4 is 5.73 Å². The van der Waals surface area contributed by atoms with E-state index in [1.165, 1.54) is 4.90 Å². The Labute approximate surface area is 121 Å². The number of hydrogen-bond acceptors (Lipinski definition) is 6. The number of nitrogens with zero attached hydrogens (tertiary/aromatic N) is 1. The van der Waals surface area contributed by atoms with Crippen LogP contribution >= 0.6 is 0 Å². The molecule has 0 spiro atoms. The van der Waals surface area contributed by atoms with Crippen molar-refractivity contribution in [3.63, 3.8) is 0 Å². The molecule has 2 amide bonds. The number of likely N-dealkylation sites (tertiary alicyclic amines) is 1. The minimum atomic E-state index is -0.768. The fourth-order valence-electron chi connectivity index (χ4n) is 2.28. The summed E-state index contributed by atoms with van der Waals surface area (Å²) in [4.78, 5) is 36.4. The molecule has 2 heterocycles. The van der Waals surface area contributed by atoms with Crippen molar-refractivity contribution in [2.24, 2.45) is 5.73 Å². The van der Waals surface area contributed by atoms with Gasteiger partial charge in [-0.25, -0.2) is 4.79 Å². The van der Waals surface area contributed by atoms with Crippen molar-refractivity contribution in [3.8, 4) is 0 Å². The highest BCUT2D eigenvalue weighted by molar-refractivity contribution is 5.90. The highest BCUT2D eigenvalue weighted by Gasteiger charge is 2.31. The van der Waals surface area contributed by atoms with Gasteiger partial charge in [0.15, 0.2) is 6.61 Å². The molecule has 21 heavy (non-hydrogen) atoms. The lowest BCUT2D eigenvalue weighted by Gasteiger charge is -2.33. The second-order valence-electron chi connectivity index (χ2n) is 4.78. The summed E-state index contributed by atoms with van der Waals surface area (Å²) in [5.74, 6) is -1.82. The molecule has 2 aliphatic heterocycles. The third-order valence-corrected chi connectivity index (χ3v) is 3.33. The maximum Gasteiger partial charge on any atom is 0.377 e. The van der Waals surface area contributed by atoms with Gasteiger partial charge < -0.3 is 24.8 Å². The molecule has 0 aromatic rings. The van der Waals surface area contributed by atoms with E-state index in [1.54, 1.807) is 0 Å². The number of rotatable bonds is 4. The monoisotopic (exact) mass is 298 g/mol. The molecule has 8 heteroatoms. The average molecular weight is 298 g/mol. The van der Waals surface area contributed by atoms with Crippen LogP contribution in [-0.2, 0) is 28.6 Å². The molecule has 116 valence electrons. The van der Waals surface area contributed by atoms with E-state index < -0.39 is 30.4 Å². The summed E-state index contributed by atoms with van der Waals surface area (Å²) < 4.78 is 14.8. The van der Waals surface area contributed by atoms with E-state index >= 15 is 0 Å². The largest absolute Gasteiger partial charge is 0.493 e. The van der Waals surface area contributed by atoms with Gasteiger partial charge >= 0.3 is 5.97 Å². The predicted octanol–water partition coefficient (Wildman–Crippen LogP) is -0.716. The van der Waals surface area contributed by atoms with Crippen molar-refractivity contribution in [1.82, 2.24) is 4.90 Å². The molecule has 8 nitrogen and oxygen atoms in total. The molecule has 2 N–H and O–H groups in total. The van der Waals surface area contributed by atoms with Crippen LogP contribution in [0.15, 0.2) is 12.0 Å². The van der Waals surface area contributed by atoms with E-state index in [-0.39, 0.29) is 12.4 Å². The lowest BCUT2D eigenvalue weighted by Crippen LogP contribution is -2.51. The number of primary amides is 1. The molecule has 0 aromatic heterocycles. The average Bonchev–Trinajstić information content (AvgIpc) is 2.53. The number of nitrogens with two attached hydrogens (primary N) is 1. The lowest BCUT2D eigenvalue weighted by atomic mass is 10.0. The first-order valence-corrected chi connectivity index (χ1v) is 6.80. The highest BCUT2D eigenvalue weighted by atomic mass is 16.6. The van der Waals surface area contributed by atoms with Crippen LogP contribution in [0.5, 0.6) is 0 Å². The molecule has 2 aliphatic rings. The molecule has 0 aliphatic carbocycles. The van der Waals surface area contributed by atoms with Crippen LogP contribution in [-0.4, -0.2) is 55.1 Å². The quantitative estimate of drug-likeness (QED) is 0.686. The predicted molar refractivity (Wildman–Crippen MR) is 69.5 cm³/mol. The first-order chi connectivity index (χ1) is 10.1. The van der Waals surface area contributed by atoms with Gasteiger partial charge in [0.05, 0.1) is 0 Å². The first kappa shape index (κ1) is 15.1. The molecular weight excluding hydrogens is 280 g/mol. The first-order valence-electron chi connectivity index (χ1n) is 6.80. The highest BCUT2D eigenvalue weighted by Crippen LogP contribution is 2.17. The van der Waals surface area contributed by atoms with E-state index in [0.29, 0.717) is 19.6 Å². The molecule has 1 atom stereocenters. The number of ether oxygens (including phenoxy) is 3. The maximum atomic E-state index is 12.0. The normalized spacial score (nSPS) is 21.6. The Balaban J connectivity index is 1.87. The van der Waals surface area contributed by atoms with Crippen molar-refractivity contribution in [2.45, 2.75) is 25.3 Å². The standard InChI is InChI=1S/C13H18N2O6/c14-12(17)9-3-1-2-4-15(9)11(16)8-21-13(18)10-7-19-5-6-20-10/h7,9H,1-6,8H2,(H2,14,17)/t9-/m0/s1. The Morgan fingerprint density at radius 1 is 1.33 bits per heavy atom. The summed E-state index contributed by atoms with van der Waals surface area (Å²) in [7, 11) is 0. The van der Waals surface area contributed by atoms with Crippen LogP contribution in [0.3, 0.4) is 0 Å². The summed E-state index contributed by atoms with van der Waals surface area (Å²) in [6.45, 7) is 0.601. The van der Waals surface area contributed by atoms with Crippen LogP contribution in [0, 0.1) is 0 Å². The lowest BCUT2D eigenvalue weighted by molar-refractivity contribution is -0.155. The van der Waals surface area contributed by atoms with E-state index in [2.05, 4.69) is 0 Å². The van der Waals surface area contributed by atoms with Gasteiger partial charge in [-0.05, 0) is 19.3 Å². The summed E-state index contributed by atoms with van der Waals surface area (Å²) in [5.41, 5.74) is 5.28. The minimum absolute atomic E-state index is 0.0702. The molecule has 0 unspecified atom stereocenters. The number of piperidine rings is 1. The molecule has 1 saturated heterocycles. The van der Waals surface area contributed by atoms with Gasteiger partial charge in [0.1, 0.15) is 25.5 Å². The maximum absolute atomic E-state index is 12.0. The van der Waals surface area contributed by atoms with Crippen LogP contribution in [0.4, 0.5) is 0 Å². The molecule has 0 radical (unpaired) electrons. The second-order valence-corrected chi connectivity index (χ2v) is 4.78. The molecule has 0 aromatic carbocycles. The molecule has 0 saturated carbocycles. The van der Waals surface area contributed by atoms with Crippen LogP contribution in [0.2, 0.25) is 0 Å². The van der Waals surface area contributed by atoms with Crippen molar-refractivity contribution in [2.75, 3.05) is 26.4 Å². The Bertz CT molecular complexity index is 462. The van der Waals surface area contributed by atoms with E-state index in [4.69, 9.17) is 19.9 Å². The van der Waals surface area contributed by atoms with Crippen LogP contribution in [0.1, 0.15) is 19.3 Å². The third kappa shape index (κ3) is 3.87. The Morgan fingerprint density at radius 2 is 2.14 bits per heavy atom. The van der Waals surface area contributed by atoms with E-state index in [9.17, 15) is 14.4 Å². The summed E-state index contributed by atoms with van der Waals surface area (Å²) in [6.07, 6.45) is 3.33. The van der Waals surface area contributed by atoms with Gasteiger partial charge in [-0.3, -0.25) is 9.59 Å². The molecular formula is C13H18N2O6. The molecule has 2 rings (SSSR count). The SMILES string of the molecule is NC(=O)[C@@H]1CCCCN1C(=O)COC(=O)C1=COCCO1. The number of esters is 1. The molecule has 1 fully saturated rings.